The molecular weight excluding hydrogens is 274 g/mol. The van der Waals surface area contributed by atoms with E-state index in [0.29, 0.717) is 11.5 Å². The number of nitrogens with zero attached hydrogens (tertiary/aromatic N) is 2. The van der Waals surface area contributed by atoms with Gasteiger partial charge in [-0.15, -0.1) is 0 Å². The Labute approximate surface area is 119 Å². The first-order valence-corrected chi connectivity index (χ1v) is 8.43. The van der Waals surface area contributed by atoms with Crippen LogP contribution in [0.1, 0.15) is 27.2 Å². The van der Waals surface area contributed by atoms with E-state index in [-0.39, 0.29) is 10.3 Å². The van der Waals surface area contributed by atoms with Crippen molar-refractivity contribution < 1.29 is 8.42 Å². The zero-order chi connectivity index (χ0) is 15.1. The van der Waals surface area contributed by atoms with Gasteiger partial charge in [0, 0.05) is 12.8 Å². The van der Waals surface area contributed by atoms with Gasteiger partial charge in [0.05, 0.1) is 10.4 Å². The summed E-state index contributed by atoms with van der Waals surface area (Å²) in [7, 11) is -3.31. The van der Waals surface area contributed by atoms with Gasteiger partial charge in [0.15, 0.2) is 9.84 Å². The Kier molecular flexibility index (Phi) is 3.54. The second-order valence-electron chi connectivity index (χ2n) is 6.33. The molecule has 2 rings (SSSR count). The van der Waals surface area contributed by atoms with E-state index in [9.17, 15) is 8.42 Å². The van der Waals surface area contributed by atoms with Crippen LogP contribution in [0.15, 0.2) is 23.1 Å². The summed E-state index contributed by atoms with van der Waals surface area (Å²) in [5.41, 5.74) is 7.36. The molecule has 6 heteroatoms. The van der Waals surface area contributed by atoms with E-state index in [4.69, 9.17) is 5.73 Å². The first-order chi connectivity index (χ1) is 9.09. The second-order valence-corrected chi connectivity index (χ2v) is 8.31. The lowest BCUT2D eigenvalue weighted by Crippen LogP contribution is -2.12. The molecule has 0 saturated heterocycles. The monoisotopic (exact) mass is 295 g/mol. The van der Waals surface area contributed by atoms with Crippen LogP contribution >= 0.6 is 0 Å². The lowest BCUT2D eigenvalue weighted by molar-refractivity contribution is 0.354. The summed E-state index contributed by atoms with van der Waals surface area (Å²) in [6.07, 6.45) is 2.12. The Morgan fingerprint density at radius 3 is 2.50 bits per heavy atom. The van der Waals surface area contributed by atoms with E-state index in [2.05, 4.69) is 25.8 Å². The van der Waals surface area contributed by atoms with Crippen LogP contribution in [0.4, 0.5) is 5.95 Å². The van der Waals surface area contributed by atoms with E-state index in [0.717, 1.165) is 18.5 Å². The maximum atomic E-state index is 11.8. The van der Waals surface area contributed by atoms with Crippen LogP contribution in [-0.2, 0) is 16.4 Å². The fourth-order valence-electron chi connectivity index (χ4n) is 2.12. The van der Waals surface area contributed by atoms with Gasteiger partial charge in [-0.3, -0.25) is 0 Å². The van der Waals surface area contributed by atoms with Crippen molar-refractivity contribution in [1.29, 1.82) is 0 Å². The molecule has 20 heavy (non-hydrogen) atoms. The molecule has 5 nitrogen and oxygen atoms in total. The van der Waals surface area contributed by atoms with Crippen molar-refractivity contribution in [3.8, 4) is 0 Å². The number of benzene rings is 1. The van der Waals surface area contributed by atoms with Crippen molar-refractivity contribution in [2.45, 2.75) is 38.6 Å². The molecule has 0 aliphatic carbocycles. The molecule has 0 amide bonds. The quantitative estimate of drug-likeness (QED) is 0.943. The second kappa shape index (κ2) is 4.77. The van der Waals surface area contributed by atoms with Crippen molar-refractivity contribution >= 4 is 26.8 Å². The number of para-hydroxylation sites is 1. The van der Waals surface area contributed by atoms with Crippen LogP contribution < -0.4 is 5.73 Å². The van der Waals surface area contributed by atoms with Crippen LogP contribution in [-0.4, -0.2) is 24.2 Å². The first kappa shape index (κ1) is 14.8. The maximum Gasteiger partial charge on any atom is 0.201 e. The molecule has 0 aliphatic rings. The number of sulfone groups is 1. The number of nitrogen functional groups attached to an aromatic ring is 1. The molecule has 0 unspecified atom stereocenters. The standard InChI is InChI=1S/C14H21N3O2S/c1-14(2,3)8-9-17-10-6-5-7-11(20(4,18)19)12(10)16-13(17)15/h5-7H,8-9H2,1-4H3,(H2,15,16). The minimum absolute atomic E-state index is 0.178. The number of hydrogen-bond acceptors (Lipinski definition) is 4. The van der Waals surface area contributed by atoms with E-state index >= 15 is 0 Å². The number of hydrogen-bond donors (Lipinski definition) is 1. The minimum atomic E-state index is -3.31. The highest BCUT2D eigenvalue weighted by atomic mass is 32.2. The number of imidazole rings is 1. The van der Waals surface area contributed by atoms with Crippen molar-refractivity contribution in [2.24, 2.45) is 5.41 Å². The van der Waals surface area contributed by atoms with Crippen LogP contribution in [0.5, 0.6) is 0 Å². The number of aryl methyl sites for hydroxylation is 1. The molecule has 1 aromatic heterocycles. The topological polar surface area (TPSA) is 78.0 Å². The Morgan fingerprint density at radius 1 is 1.30 bits per heavy atom. The number of fused-ring (bicyclic) bond motifs is 1. The van der Waals surface area contributed by atoms with Crippen LogP contribution in [0.25, 0.3) is 11.0 Å². The number of nitrogens with two attached hydrogens (primary N) is 1. The highest BCUT2D eigenvalue weighted by Crippen LogP contribution is 2.27. The minimum Gasteiger partial charge on any atom is -0.369 e. The molecule has 2 aromatic rings. The maximum absolute atomic E-state index is 11.8. The van der Waals surface area contributed by atoms with Gasteiger partial charge in [-0.05, 0) is 24.0 Å². The summed E-state index contributed by atoms with van der Waals surface area (Å²) in [6.45, 7) is 7.19. The Morgan fingerprint density at radius 2 is 1.95 bits per heavy atom. The summed E-state index contributed by atoms with van der Waals surface area (Å²) >= 11 is 0. The predicted octanol–water partition coefficient (Wildman–Crippen LogP) is 2.46. The fraction of sp³-hybridized carbons (Fsp3) is 0.500. The van der Waals surface area contributed by atoms with E-state index < -0.39 is 9.84 Å². The van der Waals surface area contributed by atoms with Crippen molar-refractivity contribution in [3.05, 3.63) is 18.2 Å². The molecule has 1 heterocycles. The van der Waals surface area contributed by atoms with Gasteiger partial charge in [0.2, 0.25) is 5.95 Å². The zero-order valence-corrected chi connectivity index (χ0v) is 13.2. The molecule has 0 radical (unpaired) electrons. The van der Waals surface area contributed by atoms with Gasteiger partial charge in [0.25, 0.3) is 0 Å². The van der Waals surface area contributed by atoms with Gasteiger partial charge in [-0.2, -0.15) is 0 Å². The smallest absolute Gasteiger partial charge is 0.201 e. The predicted molar refractivity (Wildman–Crippen MR) is 81.3 cm³/mol. The lowest BCUT2D eigenvalue weighted by atomic mass is 9.92. The zero-order valence-electron chi connectivity index (χ0n) is 12.3. The van der Waals surface area contributed by atoms with E-state index in [1.807, 2.05) is 10.6 Å². The summed E-state index contributed by atoms with van der Waals surface area (Å²) < 4.78 is 25.5. The molecule has 110 valence electrons. The first-order valence-electron chi connectivity index (χ1n) is 6.54. The molecule has 0 saturated carbocycles. The Hall–Kier alpha value is -1.56. The van der Waals surface area contributed by atoms with Gasteiger partial charge < -0.3 is 10.3 Å². The van der Waals surface area contributed by atoms with Gasteiger partial charge >= 0.3 is 0 Å². The van der Waals surface area contributed by atoms with Gasteiger partial charge in [-0.25, -0.2) is 13.4 Å². The van der Waals surface area contributed by atoms with Crippen molar-refractivity contribution in [2.75, 3.05) is 12.0 Å². The largest absolute Gasteiger partial charge is 0.369 e. The third kappa shape index (κ3) is 2.95. The molecule has 1 aromatic carbocycles. The van der Waals surface area contributed by atoms with Crippen LogP contribution in [0, 0.1) is 5.41 Å². The third-order valence-corrected chi connectivity index (χ3v) is 4.38. The molecule has 0 spiro atoms. The summed E-state index contributed by atoms with van der Waals surface area (Å²) in [5, 5.41) is 0. The van der Waals surface area contributed by atoms with Crippen molar-refractivity contribution in [1.82, 2.24) is 9.55 Å². The molecule has 2 N–H and O–H groups in total. The normalized spacial score (nSPS) is 13.0. The molecule has 0 atom stereocenters. The average molecular weight is 295 g/mol. The SMILES string of the molecule is CC(C)(C)CCn1c(N)nc2c(S(C)(=O)=O)cccc21. The van der Waals surface area contributed by atoms with E-state index in [1.54, 1.807) is 12.1 Å². The highest BCUT2D eigenvalue weighted by molar-refractivity contribution is 7.91. The molecular formula is C14H21N3O2S. The van der Waals surface area contributed by atoms with Gasteiger partial charge in [-0.1, -0.05) is 26.8 Å². The number of anilines is 1. The molecule has 0 bridgehead atoms. The highest BCUT2D eigenvalue weighted by Gasteiger charge is 2.18. The summed E-state index contributed by atoms with van der Waals surface area (Å²) in [4.78, 5) is 4.47. The lowest BCUT2D eigenvalue weighted by Gasteiger charge is -2.18. The number of aromatic nitrogens is 2. The molecule has 0 aliphatic heterocycles. The Balaban J connectivity index is 2.56. The van der Waals surface area contributed by atoms with Crippen LogP contribution in [0.3, 0.4) is 0 Å². The number of rotatable bonds is 3. The van der Waals surface area contributed by atoms with E-state index in [1.165, 1.54) is 6.26 Å². The van der Waals surface area contributed by atoms with Crippen LogP contribution in [0.2, 0.25) is 0 Å². The summed E-state index contributed by atoms with van der Waals surface area (Å²) in [6, 6.07) is 5.15. The van der Waals surface area contributed by atoms with Gasteiger partial charge in [0.1, 0.15) is 5.52 Å². The van der Waals surface area contributed by atoms with Crippen molar-refractivity contribution in [3.63, 3.8) is 0 Å². The third-order valence-electron chi connectivity index (χ3n) is 3.26. The summed E-state index contributed by atoms with van der Waals surface area (Å²) in [5.74, 6) is 0.361. The average Bonchev–Trinajstić information content (AvgIpc) is 2.59. The Bertz CT molecular complexity index is 740. The fourth-order valence-corrected chi connectivity index (χ4v) is 2.95. The molecule has 0 fully saturated rings.